The minimum atomic E-state index is -1.10. The van der Waals surface area contributed by atoms with Crippen molar-refractivity contribution in [1.29, 1.82) is 0 Å². The van der Waals surface area contributed by atoms with Crippen molar-refractivity contribution in [3.05, 3.63) is 28.7 Å². The van der Waals surface area contributed by atoms with Crippen LogP contribution in [0.2, 0.25) is 0 Å². The summed E-state index contributed by atoms with van der Waals surface area (Å²) in [4.78, 5) is 36.3. The van der Waals surface area contributed by atoms with Gasteiger partial charge in [0.25, 0.3) is 5.91 Å². The molecule has 2 aliphatic rings. The maximum atomic E-state index is 12.8. The van der Waals surface area contributed by atoms with E-state index < -0.39 is 12.6 Å². The molecular weight excluding hydrogens is 428 g/mol. The second-order valence-electron chi connectivity index (χ2n) is 6.92. The van der Waals surface area contributed by atoms with Crippen LogP contribution in [0.1, 0.15) is 37.7 Å². The first kappa shape index (κ1) is 22.1. The van der Waals surface area contributed by atoms with Crippen molar-refractivity contribution < 1.29 is 29.0 Å². The van der Waals surface area contributed by atoms with E-state index in [1.807, 2.05) is 0 Å². The van der Waals surface area contributed by atoms with Crippen LogP contribution in [0, 0.1) is 5.92 Å². The van der Waals surface area contributed by atoms with Gasteiger partial charge >= 0.3 is 5.97 Å². The molecule has 1 aromatic rings. The Morgan fingerprint density at radius 1 is 1.30 bits per heavy atom. The van der Waals surface area contributed by atoms with Crippen LogP contribution in [0.15, 0.2) is 23.1 Å². The number of hydrazine groups is 1. The predicted octanol–water partition coefficient (Wildman–Crippen LogP) is 2.97. The normalized spacial score (nSPS) is 18.6. The van der Waals surface area contributed by atoms with Gasteiger partial charge in [-0.05, 0) is 48.8 Å². The maximum absolute atomic E-state index is 12.8. The summed E-state index contributed by atoms with van der Waals surface area (Å²) < 4.78 is 10.7. The number of carboxylic acids is 1. The molecule has 2 fully saturated rings. The number of nitrogens with one attached hydrogen (secondary N) is 1. The molecule has 0 atom stereocenters. The largest absolute Gasteiger partial charge is 0.493 e. The Balaban J connectivity index is 1.71. The van der Waals surface area contributed by atoms with Gasteiger partial charge in [0.2, 0.25) is 5.91 Å². The van der Waals surface area contributed by atoms with Crippen molar-refractivity contribution in [2.75, 3.05) is 13.7 Å². The second-order valence-corrected chi connectivity index (χ2v) is 8.60. The molecule has 10 heteroatoms. The monoisotopic (exact) mass is 450 g/mol. The molecule has 0 radical (unpaired) electrons. The van der Waals surface area contributed by atoms with E-state index in [0.29, 0.717) is 16.2 Å². The number of benzene rings is 1. The van der Waals surface area contributed by atoms with Gasteiger partial charge in [-0.2, -0.15) is 5.01 Å². The molecular formula is C20H22N2O6S2. The highest BCUT2D eigenvalue weighted by Gasteiger charge is 2.35. The lowest BCUT2D eigenvalue weighted by Crippen LogP contribution is -2.47. The van der Waals surface area contributed by atoms with Gasteiger partial charge in [-0.3, -0.25) is 15.0 Å². The van der Waals surface area contributed by atoms with E-state index in [0.717, 1.165) is 48.9 Å². The van der Waals surface area contributed by atoms with Crippen LogP contribution in [-0.4, -0.2) is 45.9 Å². The fourth-order valence-corrected chi connectivity index (χ4v) is 4.49. The summed E-state index contributed by atoms with van der Waals surface area (Å²) in [5.74, 6) is -1.13. The van der Waals surface area contributed by atoms with E-state index in [1.54, 1.807) is 24.3 Å². The number of carboxylic acid groups (broad SMARTS) is 1. The first-order valence-corrected chi connectivity index (χ1v) is 10.7. The number of rotatable bonds is 7. The number of hydrogen-bond acceptors (Lipinski definition) is 7. The van der Waals surface area contributed by atoms with Crippen LogP contribution in [0.3, 0.4) is 0 Å². The van der Waals surface area contributed by atoms with Gasteiger partial charge in [0.1, 0.15) is 0 Å². The fraction of sp³-hybridized carbons (Fsp3) is 0.400. The van der Waals surface area contributed by atoms with E-state index in [-0.39, 0.29) is 27.8 Å². The van der Waals surface area contributed by atoms with Gasteiger partial charge in [0, 0.05) is 5.92 Å². The zero-order valence-corrected chi connectivity index (χ0v) is 18.0. The van der Waals surface area contributed by atoms with E-state index in [4.69, 9.17) is 26.8 Å². The number of thioether (sulfide) groups is 1. The number of carbonyl (C=O) groups is 3. The fourth-order valence-electron chi connectivity index (χ4n) is 3.31. The summed E-state index contributed by atoms with van der Waals surface area (Å²) in [6, 6.07) is 4.87. The van der Waals surface area contributed by atoms with Crippen molar-refractivity contribution in [3.63, 3.8) is 0 Å². The van der Waals surface area contributed by atoms with E-state index in [9.17, 15) is 14.4 Å². The molecule has 2 N–H and O–H groups in total. The van der Waals surface area contributed by atoms with Gasteiger partial charge < -0.3 is 14.6 Å². The number of aliphatic carboxylic acids is 1. The van der Waals surface area contributed by atoms with E-state index in [2.05, 4.69) is 5.43 Å². The highest BCUT2D eigenvalue weighted by Crippen LogP contribution is 2.34. The zero-order chi connectivity index (χ0) is 21.7. The molecule has 1 aliphatic heterocycles. The molecule has 0 aromatic heterocycles. The lowest BCUT2D eigenvalue weighted by atomic mass is 9.89. The lowest BCUT2D eigenvalue weighted by molar-refractivity contribution is -0.139. The average Bonchev–Trinajstić information content (AvgIpc) is 3.00. The first-order chi connectivity index (χ1) is 14.4. The molecule has 1 aliphatic carbocycles. The van der Waals surface area contributed by atoms with Crippen LogP contribution in [0.5, 0.6) is 11.5 Å². The molecule has 3 rings (SSSR count). The molecule has 0 bridgehead atoms. The van der Waals surface area contributed by atoms with E-state index in [1.165, 1.54) is 7.11 Å². The number of hydrogen-bond donors (Lipinski definition) is 2. The van der Waals surface area contributed by atoms with Crippen LogP contribution in [0.25, 0.3) is 6.08 Å². The van der Waals surface area contributed by atoms with Crippen molar-refractivity contribution in [2.24, 2.45) is 5.92 Å². The Hall–Kier alpha value is -2.59. The van der Waals surface area contributed by atoms with Gasteiger partial charge in [-0.1, -0.05) is 37.1 Å². The Morgan fingerprint density at radius 3 is 2.70 bits per heavy atom. The van der Waals surface area contributed by atoms with Crippen molar-refractivity contribution in [3.8, 4) is 11.5 Å². The van der Waals surface area contributed by atoms with Crippen LogP contribution < -0.4 is 14.9 Å². The Labute approximate surface area is 183 Å². The Bertz CT molecular complexity index is 895. The predicted molar refractivity (Wildman–Crippen MR) is 116 cm³/mol. The quantitative estimate of drug-likeness (QED) is 0.483. The number of ether oxygens (including phenoxy) is 2. The molecule has 2 amide bonds. The number of amides is 2. The molecule has 30 heavy (non-hydrogen) atoms. The van der Waals surface area contributed by atoms with Crippen molar-refractivity contribution in [2.45, 2.75) is 32.1 Å². The highest BCUT2D eigenvalue weighted by molar-refractivity contribution is 8.26. The molecule has 160 valence electrons. The summed E-state index contributed by atoms with van der Waals surface area (Å²) in [5, 5.41) is 9.87. The standard InChI is InChI=1S/C20H22N2O6S2/c1-27-15-9-12(7-8-14(15)28-11-17(23)24)10-16-19(26)22(20(29)30-16)21-18(25)13-5-3-2-4-6-13/h7-10,13H,2-6,11H2,1H3,(H,21,25)(H,23,24)/b16-10+. The van der Waals surface area contributed by atoms with Crippen LogP contribution >= 0.6 is 24.0 Å². The molecule has 1 heterocycles. The van der Waals surface area contributed by atoms with Crippen molar-refractivity contribution >= 4 is 52.2 Å². The smallest absolute Gasteiger partial charge is 0.341 e. The van der Waals surface area contributed by atoms with Gasteiger partial charge in [-0.15, -0.1) is 0 Å². The third kappa shape index (κ3) is 5.31. The average molecular weight is 451 g/mol. The number of nitrogens with zero attached hydrogens (tertiary/aromatic N) is 1. The minimum Gasteiger partial charge on any atom is -0.493 e. The van der Waals surface area contributed by atoms with Gasteiger partial charge in [0.15, 0.2) is 22.4 Å². The van der Waals surface area contributed by atoms with Gasteiger partial charge in [0.05, 0.1) is 12.0 Å². The summed E-state index contributed by atoms with van der Waals surface area (Å²) in [6.07, 6.45) is 6.46. The molecule has 8 nitrogen and oxygen atoms in total. The summed E-state index contributed by atoms with van der Waals surface area (Å²) in [7, 11) is 1.44. The second kappa shape index (κ2) is 9.94. The number of thiocarbonyl (C=S) groups is 1. The molecule has 1 aromatic carbocycles. The minimum absolute atomic E-state index is 0.0880. The summed E-state index contributed by atoms with van der Waals surface area (Å²) in [6.45, 7) is -0.491. The summed E-state index contributed by atoms with van der Waals surface area (Å²) >= 11 is 6.37. The van der Waals surface area contributed by atoms with Crippen molar-refractivity contribution in [1.82, 2.24) is 10.4 Å². The van der Waals surface area contributed by atoms with Crippen LogP contribution in [0.4, 0.5) is 0 Å². The Kier molecular flexibility index (Phi) is 7.33. The van der Waals surface area contributed by atoms with Crippen LogP contribution in [-0.2, 0) is 14.4 Å². The number of methoxy groups -OCH3 is 1. The van der Waals surface area contributed by atoms with Gasteiger partial charge in [-0.25, -0.2) is 4.79 Å². The third-order valence-corrected chi connectivity index (χ3v) is 6.13. The molecule has 1 saturated heterocycles. The third-order valence-electron chi connectivity index (χ3n) is 4.83. The first-order valence-electron chi connectivity index (χ1n) is 9.50. The molecule has 0 unspecified atom stereocenters. The molecule has 1 saturated carbocycles. The SMILES string of the molecule is COc1cc(/C=C2/SC(=S)N(NC(=O)C3CCCCC3)C2=O)ccc1OCC(=O)O. The zero-order valence-electron chi connectivity index (χ0n) is 16.4. The number of carbonyl (C=O) groups excluding carboxylic acids is 2. The van der Waals surface area contributed by atoms with E-state index >= 15 is 0 Å². The summed E-state index contributed by atoms with van der Waals surface area (Å²) in [5.41, 5.74) is 3.31. The lowest BCUT2D eigenvalue weighted by Gasteiger charge is -2.23. The molecule has 0 spiro atoms. The highest BCUT2D eigenvalue weighted by atomic mass is 32.2. The Morgan fingerprint density at radius 2 is 2.03 bits per heavy atom. The topological polar surface area (TPSA) is 105 Å². The maximum Gasteiger partial charge on any atom is 0.341 e.